The Morgan fingerprint density at radius 2 is 1.64 bits per heavy atom. The lowest BCUT2D eigenvalue weighted by Crippen LogP contribution is -2.25. The molecule has 0 N–H and O–H groups in total. The number of ether oxygens (including phenoxy) is 2. The molecule has 2 heterocycles. The van der Waals surface area contributed by atoms with Crippen molar-refractivity contribution >= 4 is 34.4 Å². The fourth-order valence-corrected chi connectivity index (χ4v) is 7.95. The molecule has 0 saturated carbocycles. The van der Waals surface area contributed by atoms with Crippen LogP contribution in [0.15, 0.2) is 79.0 Å². The van der Waals surface area contributed by atoms with E-state index in [1.54, 1.807) is 7.11 Å². The summed E-state index contributed by atoms with van der Waals surface area (Å²) in [6, 6.07) is 25.4. The number of nitrogens with zero attached hydrogens (tertiary/aromatic N) is 1. The van der Waals surface area contributed by atoms with Crippen molar-refractivity contribution < 1.29 is 9.47 Å². The van der Waals surface area contributed by atoms with Crippen LogP contribution in [-0.4, -0.2) is 23.2 Å². The summed E-state index contributed by atoms with van der Waals surface area (Å²) < 4.78 is 14.1. The number of hydrogen-bond acceptors (Lipinski definition) is 4. The van der Waals surface area contributed by atoms with Gasteiger partial charge in [-0.25, -0.2) is 0 Å². The van der Waals surface area contributed by atoms with Crippen LogP contribution in [0.25, 0.3) is 10.9 Å². The van der Waals surface area contributed by atoms with Crippen LogP contribution < -0.4 is 9.47 Å². The molecule has 0 bridgehead atoms. The average Bonchev–Trinajstić information content (AvgIpc) is 3.21. The molecular weight excluding hydrogens is 446 g/mol. The van der Waals surface area contributed by atoms with Crippen molar-refractivity contribution in [2.75, 3.05) is 18.6 Å². The van der Waals surface area contributed by atoms with Crippen LogP contribution in [0.5, 0.6) is 11.5 Å². The normalized spacial score (nSPS) is 15.5. The van der Waals surface area contributed by atoms with Crippen LogP contribution in [0.3, 0.4) is 0 Å². The minimum absolute atomic E-state index is 0.00952. The minimum atomic E-state index is -0.00952. The van der Waals surface area contributed by atoms with Crippen LogP contribution in [0.2, 0.25) is 0 Å². The highest BCUT2D eigenvalue weighted by Gasteiger charge is 2.38. The van der Waals surface area contributed by atoms with E-state index >= 15 is 0 Å². The minimum Gasteiger partial charge on any atom is -0.493 e. The van der Waals surface area contributed by atoms with Gasteiger partial charge in [0.1, 0.15) is 6.61 Å². The summed E-state index contributed by atoms with van der Waals surface area (Å²) in [7, 11) is 3.86. The zero-order valence-electron chi connectivity index (χ0n) is 19.1. The van der Waals surface area contributed by atoms with Gasteiger partial charge in [0.2, 0.25) is 0 Å². The first-order valence-corrected chi connectivity index (χ1v) is 13.3. The predicted molar refractivity (Wildman–Crippen MR) is 142 cm³/mol. The topological polar surface area (TPSA) is 23.4 Å². The van der Waals surface area contributed by atoms with Gasteiger partial charge in [0.25, 0.3) is 0 Å². The van der Waals surface area contributed by atoms with Gasteiger partial charge in [0.05, 0.1) is 11.2 Å². The smallest absolute Gasteiger partial charge is 0.161 e. The van der Waals surface area contributed by atoms with Gasteiger partial charge in [0, 0.05) is 36.1 Å². The first-order valence-electron chi connectivity index (χ1n) is 11.3. The Morgan fingerprint density at radius 1 is 0.879 bits per heavy atom. The second kappa shape index (κ2) is 9.78. The van der Waals surface area contributed by atoms with E-state index in [1.165, 1.54) is 40.0 Å². The van der Waals surface area contributed by atoms with Gasteiger partial charge in [-0.3, -0.25) is 0 Å². The Hall–Kier alpha value is -2.50. The van der Waals surface area contributed by atoms with E-state index in [0.29, 0.717) is 6.61 Å². The standard InChI is InChI=1S/C28H29NO2S2/c1-29-19-24(23-11-6-7-12-25(23)29)28(32-15-8-16-33-28)18-22-13-14-26(30-2)27(17-22)31-20-21-9-4-3-5-10-21/h3-7,9-14,17,19H,8,15-16,18,20H2,1-2H3. The quantitative estimate of drug-likeness (QED) is 0.286. The van der Waals surface area contributed by atoms with Gasteiger partial charge >= 0.3 is 0 Å². The molecular formula is C28H29NO2S2. The molecule has 170 valence electrons. The molecule has 4 aromatic rings. The summed E-state index contributed by atoms with van der Waals surface area (Å²) in [6.07, 6.45) is 4.55. The largest absolute Gasteiger partial charge is 0.493 e. The molecule has 0 amide bonds. The highest BCUT2D eigenvalue weighted by molar-refractivity contribution is 8.18. The number of methoxy groups -OCH3 is 1. The Labute approximate surface area is 204 Å². The summed E-state index contributed by atoms with van der Waals surface area (Å²) in [4.78, 5) is 0. The van der Waals surface area contributed by atoms with E-state index < -0.39 is 0 Å². The number of benzene rings is 3. The molecule has 3 nitrogen and oxygen atoms in total. The Bertz CT molecular complexity index is 1230. The average molecular weight is 476 g/mol. The molecule has 0 unspecified atom stereocenters. The molecule has 0 aliphatic carbocycles. The third-order valence-electron chi connectivity index (χ3n) is 6.17. The highest BCUT2D eigenvalue weighted by atomic mass is 32.2. The van der Waals surface area contributed by atoms with Crippen molar-refractivity contribution in [2.45, 2.75) is 23.5 Å². The number of aromatic nitrogens is 1. The van der Waals surface area contributed by atoms with E-state index in [4.69, 9.17) is 9.47 Å². The zero-order valence-corrected chi connectivity index (χ0v) is 20.8. The number of thioether (sulfide) groups is 2. The van der Waals surface area contributed by atoms with E-state index in [1.807, 2.05) is 24.3 Å². The van der Waals surface area contributed by atoms with Gasteiger partial charge in [-0.15, -0.1) is 23.5 Å². The fourth-order valence-electron chi connectivity index (χ4n) is 4.52. The van der Waals surface area contributed by atoms with Gasteiger partial charge < -0.3 is 14.0 Å². The monoisotopic (exact) mass is 475 g/mol. The Morgan fingerprint density at radius 3 is 2.42 bits per heavy atom. The second-order valence-corrected chi connectivity index (χ2v) is 11.5. The zero-order chi connectivity index (χ0) is 22.7. The van der Waals surface area contributed by atoms with E-state index in [2.05, 4.69) is 89.9 Å². The van der Waals surface area contributed by atoms with Crippen molar-refractivity contribution in [2.24, 2.45) is 7.05 Å². The molecule has 0 radical (unpaired) electrons. The Balaban J connectivity index is 1.48. The number of hydrogen-bond donors (Lipinski definition) is 0. The van der Waals surface area contributed by atoms with E-state index in [0.717, 1.165) is 23.5 Å². The highest BCUT2D eigenvalue weighted by Crippen LogP contribution is 2.54. The lowest BCUT2D eigenvalue weighted by Gasteiger charge is -2.36. The first kappa shape index (κ1) is 22.3. The molecule has 5 heteroatoms. The van der Waals surface area contributed by atoms with E-state index in [-0.39, 0.29) is 4.08 Å². The van der Waals surface area contributed by atoms with E-state index in [9.17, 15) is 0 Å². The van der Waals surface area contributed by atoms with Crippen LogP contribution in [0.4, 0.5) is 0 Å². The third kappa shape index (κ3) is 4.62. The number of rotatable bonds is 7. The van der Waals surface area contributed by atoms with Crippen LogP contribution in [0, 0.1) is 0 Å². The van der Waals surface area contributed by atoms with Crippen molar-refractivity contribution in [3.8, 4) is 11.5 Å². The summed E-state index contributed by atoms with van der Waals surface area (Å²) >= 11 is 4.18. The molecule has 33 heavy (non-hydrogen) atoms. The summed E-state index contributed by atoms with van der Waals surface area (Å²) in [5.74, 6) is 3.95. The van der Waals surface area contributed by atoms with Gasteiger partial charge in [0.15, 0.2) is 11.5 Å². The predicted octanol–water partition coefficient (Wildman–Crippen LogP) is 7.03. The SMILES string of the molecule is COc1ccc(CC2(c3cn(C)c4ccccc34)SCCCS2)cc1OCc1ccccc1. The molecule has 1 aliphatic rings. The molecule has 0 atom stereocenters. The first-order chi connectivity index (χ1) is 16.2. The summed E-state index contributed by atoms with van der Waals surface area (Å²) in [6.45, 7) is 0.526. The van der Waals surface area contributed by atoms with Crippen molar-refractivity contribution in [3.63, 3.8) is 0 Å². The summed E-state index contributed by atoms with van der Waals surface area (Å²) in [5, 5.41) is 1.36. The molecule has 1 aliphatic heterocycles. The molecule has 1 saturated heterocycles. The number of aryl methyl sites for hydroxylation is 1. The maximum atomic E-state index is 6.21. The maximum absolute atomic E-state index is 6.21. The van der Waals surface area contributed by atoms with Crippen LogP contribution in [-0.2, 0) is 24.2 Å². The van der Waals surface area contributed by atoms with Crippen molar-refractivity contribution in [1.29, 1.82) is 0 Å². The summed E-state index contributed by atoms with van der Waals surface area (Å²) in [5.41, 5.74) is 5.14. The van der Waals surface area contributed by atoms with Crippen molar-refractivity contribution in [1.82, 2.24) is 4.57 Å². The van der Waals surface area contributed by atoms with Gasteiger partial charge in [-0.05, 0) is 47.3 Å². The third-order valence-corrected chi connectivity index (χ3v) is 9.52. The van der Waals surface area contributed by atoms with Gasteiger partial charge in [-0.1, -0.05) is 54.6 Å². The molecule has 5 rings (SSSR count). The number of fused-ring (bicyclic) bond motifs is 1. The lowest BCUT2D eigenvalue weighted by molar-refractivity contribution is 0.284. The second-order valence-electron chi connectivity index (χ2n) is 8.41. The van der Waals surface area contributed by atoms with Crippen molar-refractivity contribution in [3.05, 3.63) is 95.7 Å². The molecule has 0 spiro atoms. The Kier molecular flexibility index (Phi) is 6.61. The maximum Gasteiger partial charge on any atom is 0.161 e. The molecule has 1 aromatic heterocycles. The fraction of sp³-hybridized carbons (Fsp3) is 0.286. The lowest BCUT2D eigenvalue weighted by atomic mass is 10.0. The van der Waals surface area contributed by atoms with Gasteiger partial charge in [-0.2, -0.15) is 0 Å². The molecule has 1 fully saturated rings. The molecule has 3 aromatic carbocycles. The van der Waals surface area contributed by atoms with Crippen LogP contribution in [0.1, 0.15) is 23.1 Å². The number of para-hydroxylation sites is 1. The van der Waals surface area contributed by atoms with Crippen LogP contribution >= 0.6 is 23.5 Å².